The number of carbonyl (C=O) groups excluding carboxylic acids is 2. The fourth-order valence-corrected chi connectivity index (χ4v) is 4.62. The molecule has 15 nitrogen and oxygen atoms in total. The fraction of sp³-hybridized carbons (Fsp3) is 0.281. The molecule has 3 aromatic rings. The van der Waals surface area contributed by atoms with Crippen molar-refractivity contribution in [2.24, 2.45) is 5.10 Å². The van der Waals surface area contributed by atoms with Crippen LogP contribution in [0.4, 0.5) is 10.5 Å². The van der Waals surface area contributed by atoms with Crippen LogP contribution in [0.1, 0.15) is 36.6 Å². The summed E-state index contributed by atoms with van der Waals surface area (Å²) in [5.74, 6) is 0.933. The number of hydrogen-bond donors (Lipinski definition) is 4. The van der Waals surface area contributed by atoms with Crippen molar-refractivity contribution in [3.05, 3.63) is 98.7 Å². The zero-order valence-electron chi connectivity index (χ0n) is 26.1. The first kappa shape index (κ1) is 34.1. The Hall–Kier alpha value is -5.83. The van der Waals surface area contributed by atoms with Gasteiger partial charge in [-0.2, -0.15) is 5.10 Å². The smallest absolute Gasteiger partial charge is 0.337 e. The van der Waals surface area contributed by atoms with E-state index < -0.39 is 29.2 Å². The number of nitro benzene ring substituents is 1. The number of aliphatic hydroxyl groups is 1. The molecule has 0 spiro atoms. The molecule has 0 saturated heterocycles. The Morgan fingerprint density at radius 2 is 1.83 bits per heavy atom. The van der Waals surface area contributed by atoms with Crippen LogP contribution in [0, 0.1) is 10.1 Å². The van der Waals surface area contributed by atoms with E-state index in [4.69, 9.17) is 23.7 Å². The zero-order valence-corrected chi connectivity index (χ0v) is 26.1. The fourth-order valence-electron chi connectivity index (χ4n) is 4.62. The molecule has 0 fully saturated rings. The Morgan fingerprint density at radius 1 is 1.06 bits per heavy atom. The molecule has 1 aliphatic rings. The summed E-state index contributed by atoms with van der Waals surface area (Å²) < 4.78 is 27.6. The van der Waals surface area contributed by atoms with Crippen molar-refractivity contribution >= 4 is 23.9 Å². The number of aliphatic hydroxyl groups excluding tert-OH is 1. The molecule has 0 aliphatic carbocycles. The molecule has 1 heterocycles. The first-order valence-corrected chi connectivity index (χ1v) is 14.4. The summed E-state index contributed by atoms with van der Waals surface area (Å²) in [4.78, 5) is 35.2. The van der Waals surface area contributed by atoms with Crippen LogP contribution >= 0.6 is 0 Å². The number of non-ortho nitro benzene ring substituents is 1. The SMILES string of the molecule is CCOc1cc([C@H]2NC(=O)NC(C)=C2C(=O)OC)ccc1OC[C@H](O)N/N=C\c1ccc(OCc2cccc([N+](=O)[O-])c2)c(OC)c1. The third kappa shape index (κ3) is 8.88. The van der Waals surface area contributed by atoms with Gasteiger partial charge in [0.25, 0.3) is 5.69 Å². The number of rotatable bonds is 15. The van der Waals surface area contributed by atoms with E-state index in [9.17, 15) is 24.8 Å². The van der Waals surface area contributed by atoms with Crippen molar-refractivity contribution in [1.82, 2.24) is 16.1 Å². The van der Waals surface area contributed by atoms with Gasteiger partial charge < -0.3 is 39.4 Å². The maximum Gasteiger partial charge on any atom is 0.337 e. The van der Waals surface area contributed by atoms with Gasteiger partial charge in [-0.3, -0.25) is 15.5 Å². The van der Waals surface area contributed by atoms with Crippen molar-refractivity contribution in [3.8, 4) is 23.0 Å². The number of amides is 2. The summed E-state index contributed by atoms with van der Waals surface area (Å²) in [6, 6.07) is 14.9. The number of nitro groups is 1. The number of carbonyl (C=O) groups is 2. The van der Waals surface area contributed by atoms with Crippen LogP contribution in [0.2, 0.25) is 0 Å². The minimum absolute atomic E-state index is 0.0236. The van der Waals surface area contributed by atoms with Crippen molar-refractivity contribution in [3.63, 3.8) is 0 Å². The molecule has 3 aromatic carbocycles. The molecule has 15 heteroatoms. The average Bonchev–Trinajstić information content (AvgIpc) is 3.06. The van der Waals surface area contributed by atoms with E-state index in [1.165, 1.54) is 32.6 Å². The molecule has 47 heavy (non-hydrogen) atoms. The monoisotopic (exact) mass is 649 g/mol. The lowest BCUT2D eigenvalue weighted by atomic mass is 9.95. The Kier molecular flexibility index (Phi) is 11.6. The van der Waals surface area contributed by atoms with Crippen LogP contribution in [0.15, 0.2) is 77.0 Å². The minimum atomic E-state index is -1.19. The van der Waals surface area contributed by atoms with E-state index in [1.807, 2.05) is 0 Å². The number of nitrogens with zero attached hydrogens (tertiary/aromatic N) is 2. The number of allylic oxidation sites excluding steroid dienone is 1. The predicted molar refractivity (Wildman–Crippen MR) is 169 cm³/mol. The molecule has 0 radical (unpaired) electrons. The Labute approximate surface area is 270 Å². The molecular weight excluding hydrogens is 614 g/mol. The van der Waals surface area contributed by atoms with Crippen molar-refractivity contribution in [2.45, 2.75) is 32.7 Å². The second-order valence-electron chi connectivity index (χ2n) is 10.0. The number of methoxy groups -OCH3 is 2. The summed E-state index contributed by atoms with van der Waals surface area (Å²) in [5, 5.41) is 30.8. The molecule has 0 saturated carbocycles. The second-order valence-corrected chi connectivity index (χ2v) is 10.0. The first-order valence-electron chi connectivity index (χ1n) is 14.4. The van der Waals surface area contributed by atoms with Crippen LogP contribution in [0.25, 0.3) is 0 Å². The van der Waals surface area contributed by atoms with E-state index in [0.717, 1.165) is 0 Å². The predicted octanol–water partition coefficient (Wildman–Crippen LogP) is 3.70. The molecule has 4 N–H and O–H groups in total. The number of urea groups is 1. The third-order valence-corrected chi connectivity index (χ3v) is 6.81. The second kappa shape index (κ2) is 15.9. The van der Waals surface area contributed by atoms with Gasteiger partial charge in [0.15, 0.2) is 29.2 Å². The van der Waals surface area contributed by atoms with E-state index in [-0.39, 0.29) is 24.5 Å². The van der Waals surface area contributed by atoms with E-state index in [0.29, 0.717) is 52.0 Å². The standard InChI is InChI=1S/C32H35N5O10/c1-5-45-27-15-22(30-29(31(39)44-4)19(2)34-32(40)35-30)10-12-25(27)47-18-28(38)36-33-16-20-9-11-24(26(14-20)43-3)46-17-21-7-6-8-23(13-21)37(41)42/h6-16,28,30,36,38H,5,17-18H2,1-4H3,(H2,34,35,40)/b33-16-/t28-,30+/m0/s1. The molecule has 0 aromatic heterocycles. The largest absolute Gasteiger partial charge is 0.493 e. The lowest BCUT2D eigenvalue weighted by Gasteiger charge is -2.28. The van der Waals surface area contributed by atoms with Crippen LogP contribution in [0.5, 0.6) is 23.0 Å². The van der Waals surface area contributed by atoms with Gasteiger partial charge in [-0.05, 0) is 60.9 Å². The number of ether oxygens (including phenoxy) is 5. The summed E-state index contributed by atoms with van der Waals surface area (Å²) in [7, 11) is 2.74. The van der Waals surface area contributed by atoms with Gasteiger partial charge in [-0.25, -0.2) is 9.59 Å². The Morgan fingerprint density at radius 3 is 2.55 bits per heavy atom. The molecule has 2 amide bonds. The normalized spacial score (nSPS) is 14.9. The number of hydrogen-bond acceptors (Lipinski definition) is 12. The van der Waals surface area contributed by atoms with E-state index in [1.54, 1.807) is 62.4 Å². The molecule has 4 rings (SSSR count). The van der Waals surface area contributed by atoms with Gasteiger partial charge in [-0.15, -0.1) is 0 Å². The molecule has 0 unspecified atom stereocenters. The van der Waals surface area contributed by atoms with Crippen molar-refractivity contribution in [1.29, 1.82) is 0 Å². The highest BCUT2D eigenvalue weighted by Gasteiger charge is 2.32. The quantitative estimate of drug-likeness (QED) is 0.0617. The molecule has 248 valence electrons. The highest BCUT2D eigenvalue weighted by molar-refractivity contribution is 5.95. The zero-order chi connectivity index (χ0) is 33.9. The Bertz CT molecular complexity index is 1680. The average molecular weight is 650 g/mol. The summed E-state index contributed by atoms with van der Waals surface area (Å²) in [5.41, 5.74) is 5.02. The van der Waals surface area contributed by atoms with Gasteiger partial charge in [-0.1, -0.05) is 18.2 Å². The highest BCUT2D eigenvalue weighted by atomic mass is 16.6. The van der Waals surface area contributed by atoms with Crippen molar-refractivity contribution < 1.29 is 43.3 Å². The molecule has 0 bridgehead atoms. The number of esters is 1. The minimum Gasteiger partial charge on any atom is -0.493 e. The van der Waals surface area contributed by atoms with E-state index in [2.05, 4.69) is 21.2 Å². The van der Waals surface area contributed by atoms with Gasteiger partial charge in [0.2, 0.25) is 0 Å². The summed E-state index contributed by atoms with van der Waals surface area (Å²) in [6.07, 6.45) is 0.276. The lowest BCUT2D eigenvalue weighted by molar-refractivity contribution is -0.384. The van der Waals surface area contributed by atoms with Gasteiger partial charge in [0.05, 0.1) is 43.6 Å². The molecule has 1 aliphatic heterocycles. The molecular formula is C32H35N5O10. The molecule has 2 atom stereocenters. The van der Waals surface area contributed by atoms with E-state index >= 15 is 0 Å². The maximum absolute atomic E-state index is 12.4. The van der Waals surface area contributed by atoms with Crippen LogP contribution < -0.4 is 35.0 Å². The van der Waals surface area contributed by atoms with Crippen molar-refractivity contribution in [2.75, 3.05) is 27.4 Å². The van der Waals surface area contributed by atoms with Gasteiger partial charge >= 0.3 is 12.0 Å². The van der Waals surface area contributed by atoms with Crippen LogP contribution in [-0.4, -0.2) is 61.9 Å². The lowest BCUT2D eigenvalue weighted by Crippen LogP contribution is -2.45. The topological polar surface area (TPSA) is 192 Å². The van der Waals surface area contributed by atoms with Crippen LogP contribution in [-0.2, 0) is 16.1 Å². The number of benzene rings is 3. The first-order chi connectivity index (χ1) is 22.6. The summed E-state index contributed by atoms with van der Waals surface area (Å²) in [6.45, 7) is 3.63. The Balaban J connectivity index is 1.36. The maximum atomic E-state index is 12.4. The number of hydrazone groups is 1. The van der Waals surface area contributed by atoms with Gasteiger partial charge in [0.1, 0.15) is 13.2 Å². The van der Waals surface area contributed by atoms with Gasteiger partial charge in [0, 0.05) is 17.8 Å². The highest BCUT2D eigenvalue weighted by Crippen LogP contribution is 2.35. The van der Waals surface area contributed by atoms with Crippen LogP contribution in [0.3, 0.4) is 0 Å². The number of nitrogens with one attached hydrogen (secondary N) is 3. The summed E-state index contributed by atoms with van der Waals surface area (Å²) >= 11 is 0. The third-order valence-electron chi connectivity index (χ3n) is 6.81.